The lowest BCUT2D eigenvalue weighted by molar-refractivity contribution is 0.637. The number of benzene rings is 1. The van der Waals surface area contributed by atoms with E-state index in [1.165, 1.54) is 17.4 Å². The second-order valence-electron chi connectivity index (χ2n) is 2.25. The predicted octanol–water partition coefficient (Wildman–Crippen LogP) is 3.75. The molecule has 1 heterocycles. The van der Waals surface area contributed by atoms with Gasteiger partial charge in [0.1, 0.15) is 0 Å². The van der Waals surface area contributed by atoms with E-state index in [4.69, 9.17) is 23.8 Å². The zero-order chi connectivity index (χ0) is 8.72. The van der Waals surface area contributed by atoms with E-state index >= 15 is 0 Å². The number of nitrogens with one attached hydrogen (secondary N) is 1. The molecule has 0 amide bonds. The fourth-order valence-electron chi connectivity index (χ4n) is 0.962. The molecule has 62 valence electrons. The van der Waals surface area contributed by atoms with E-state index in [-0.39, 0.29) is 5.02 Å². The topological polar surface area (TPSA) is 15.8 Å². The Kier molecular flexibility index (Phi) is 1.90. The summed E-state index contributed by atoms with van der Waals surface area (Å²) >= 11 is 11.8. The average molecular weight is 220 g/mol. The van der Waals surface area contributed by atoms with Gasteiger partial charge in [0.05, 0.1) is 15.2 Å². The summed E-state index contributed by atoms with van der Waals surface area (Å²) in [6.45, 7) is 0. The second kappa shape index (κ2) is 2.80. The zero-order valence-electron chi connectivity index (χ0n) is 5.73. The van der Waals surface area contributed by atoms with Crippen molar-refractivity contribution in [3.63, 3.8) is 0 Å². The lowest BCUT2D eigenvalue weighted by Gasteiger charge is -1.92. The van der Waals surface area contributed by atoms with E-state index in [0.29, 0.717) is 9.47 Å². The Bertz CT molecular complexity index is 488. The molecule has 1 aromatic carbocycles. The van der Waals surface area contributed by atoms with Crippen LogP contribution in [0.2, 0.25) is 5.02 Å². The molecular formula is C7H3ClFNS2. The molecular weight excluding hydrogens is 217 g/mol. The van der Waals surface area contributed by atoms with E-state index in [2.05, 4.69) is 4.98 Å². The van der Waals surface area contributed by atoms with Crippen LogP contribution in [0.5, 0.6) is 0 Å². The highest BCUT2D eigenvalue weighted by atomic mass is 35.5. The van der Waals surface area contributed by atoms with Crippen molar-refractivity contribution in [3.8, 4) is 0 Å². The van der Waals surface area contributed by atoms with Gasteiger partial charge in [0, 0.05) is 0 Å². The summed E-state index contributed by atoms with van der Waals surface area (Å²) in [5.41, 5.74) is 0.400. The van der Waals surface area contributed by atoms with Gasteiger partial charge in [0.25, 0.3) is 0 Å². The van der Waals surface area contributed by atoms with Crippen LogP contribution >= 0.6 is 35.2 Å². The van der Waals surface area contributed by atoms with Crippen molar-refractivity contribution in [1.82, 2.24) is 4.98 Å². The third-order valence-corrected chi connectivity index (χ3v) is 2.98. The molecule has 12 heavy (non-hydrogen) atoms. The van der Waals surface area contributed by atoms with Crippen molar-refractivity contribution in [2.75, 3.05) is 0 Å². The SMILES string of the molecule is Fc1c(Cl)ccc2sc(=S)[nH]c12. The molecule has 0 atom stereocenters. The summed E-state index contributed by atoms with van der Waals surface area (Å²) in [5, 5.41) is 0.117. The van der Waals surface area contributed by atoms with Gasteiger partial charge in [0.2, 0.25) is 0 Å². The summed E-state index contributed by atoms with van der Waals surface area (Å²) in [6, 6.07) is 3.27. The van der Waals surface area contributed by atoms with Crippen LogP contribution in [0.25, 0.3) is 10.2 Å². The standard InChI is InChI=1S/C7H3ClFNS2/c8-3-1-2-4-6(5(3)9)10-7(11)12-4/h1-2H,(H,10,11). The minimum Gasteiger partial charge on any atom is -0.334 e. The molecule has 0 aliphatic carbocycles. The van der Waals surface area contributed by atoms with Crippen LogP contribution in [0, 0.1) is 9.77 Å². The first kappa shape index (κ1) is 8.16. The van der Waals surface area contributed by atoms with Gasteiger partial charge in [-0.3, -0.25) is 0 Å². The molecule has 1 nitrogen and oxygen atoms in total. The maximum Gasteiger partial charge on any atom is 0.166 e. The van der Waals surface area contributed by atoms with Crippen molar-refractivity contribution in [1.29, 1.82) is 0 Å². The molecule has 1 N–H and O–H groups in total. The van der Waals surface area contributed by atoms with Gasteiger partial charge < -0.3 is 4.98 Å². The Morgan fingerprint density at radius 3 is 3.00 bits per heavy atom. The van der Waals surface area contributed by atoms with Gasteiger partial charge in [-0.15, -0.1) is 11.3 Å². The molecule has 0 aliphatic rings. The highest BCUT2D eigenvalue weighted by Crippen LogP contribution is 2.26. The molecule has 0 aliphatic heterocycles. The summed E-state index contributed by atoms with van der Waals surface area (Å²) < 4.78 is 14.6. The van der Waals surface area contributed by atoms with E-state index in [9.17, 15) is 4.39 Å². The maximum absolute atomic E-state index is 13.2. The average Bonchev–Trinajstić information content (AvgIpc) is 2.39. The molecule has 0 fully saturated rings. The van der Waals surface area contributed by atoms with Gasteiger partial charge in [-0.1, -0.05) is 11.6 Å². The predicted molar refractivity (Wildman–Crippen MR) is 52.0 cm³/mol. The van der Waals surface area contributed by atoms with Crippen molar-refractivity contribution in [2.24, 2.45) is 0 Å². The second-order valence-corrected chi connectivity index (χ2v) is 4.38. The Hall–Kier alpha value is -0.450. The monoisotopic (exact) mass is 219 g/mol. The fourth-order valence-corrected chi connectivity index (χ4v) is 2.22. The van der Waals surface area contributed by atoms with Crippen molar-refractivity contribution < 1.29 is 4.39 Å². The molecule has 0 radical (unpaired) electrons. The van der Waals surface area contributed by atoms with Crippen molar-refractivity contribution in [3.05, 3.63) is 26.9 Å². The molecule has 0 spiro atoms. The van der Waals surface area contributed by atoms with E-state index in [0.717, 1.165) is 4.70 Å². The summed E-state index contributed by atoms with van der Waals surface area (Å²) in [7, 11) is 0. The minimum atomic E-state index is -0.429. The summed E-state index contributed by atoms with van der Waals surface area (Å²) in [4.78, 5) is 2.74. The van der Waals surface area contributed by atoms with E-state index in [1.54, 1.807) is 6.07 Å². The Labute approximate surface area is 81.8 Å². The summed E-state index contributed by atoms with van der Waals surface area (Å²) in [5.74, 6) is -0.429. The highest BCUT2D eigenvalue weighted by Gasteiger charge is 2.06. The number of rotatable bonds is 0. The van der Waals surface area contributed by atoms with Crippen LogP contribution in [0.1, 0.15) is 0 Å². The van der Waals surface area contributed by atoms with Gasteiger partial charge in [0.15, 0.2) is 9.77 Å². The molecule has 0 saturated carbocycles. The normalized spacial score (nSPS) is 10.8. The number of thiazole rings is 1. The molecule has 1 aromatic heterocycles. The van der Waals surface area contributed by atoms with Crippen LogP contribution in [-0.2, 0) is 0 Å². The number of aromatic amines is 1. The number of aromatic nitrogens is 1. The highest BCUT2D eigenvalue weighted by molar-refractivity contribution is 7.73. The van der Waals surface area contributed by atoms with E-state index in [1.807, 2.05) is 0 Å². The first-order valence-electron chi connectivity index (χ1n) is 3.15. The van der Waals surface area contributed by atoms with E-state index < -0.39 is 5.82 Å². The minimum absolute atomic E-state index is 0.117. The Morgan fingerprint density at radius 2 is 2.25 bits per heavy atom. The lowest BCUT2D eigenvalue weighted by atomic mass is 10.3. The van der Waals surface area contributed by atoms with Crippen LogP contribution < -0.4 is 0 Å². The Morgan fingerprint density at radius 1 is 1.50 bits per heavy atom. The van der Waals surface area contributed by atoms with Crippen molar-refractivity contribution >= 4 is 45.4 Å². The first-order valence-corrected chi connectivity index (χ1v) is 4.75. The van der Waals surface area contributed by atoms with Crippen LogP contribution in [0.4, 0.5) is 4.39 Å². The van der Waals surface area contributed by atoms with Gasteiger partial charge in [-0.2, -0.15) is 0 Å². The Balaban J connectivity index is 2.99. The number of hydrogen-bond donors (Lipinski definition) is 1. The molecule has 2 rings (SSSR count). The lowest BCUT2D eigenvalue weighted by Crippen LogP contribution is -1.78. The van der Waals surface area contributed by atoms with Crippen molar-refractivity contribution in [2.45, 2.75) is 0 Å². The molecule has 2 aromatic rings. The largest absolute Gasteiger partial charge is 0.334 e. The van der Waals surface area contributed by atoms with Gasteiger partial charge in [-0.05, 0) is 24.4 Å². The molecule has 0 bridgehead atoms. The molecule has 5 heteroatoms. The number of H-pyrrole nitrogens is 1. The quantitative estimate of drug-likeness (QED) is 0.668. The van der Waals surface area contributed by atoms with Gasteiger partial charge in [-0.25, -0.2) is 4.39 Å². The van der Waals surface area contributed by atoms with Crippen LogP contribution in [0.3, 0.4) is 0 Å². The van der Waals surface area contributed by atoms with Crippen LogP contribution in [-0.4, -0.2) is 4.98 Å². The third kappa shape index (κ3) is 1.16. The number of fused-ring (bicyclic) bond motifs is 1. The molecule has 0 unspecified atom stereocenters. The van der Waals surface area contributed by atoms with Gasteiger partial charge >= 0.3 is 0 Å². The summed E-state index contributed by atoms with van der Waals surface area (Å²) in [6.07, 6.45) is 0. The van der Waals surface area contributed by atoms with Crippen LogP contribution in [0.15, 0.2) is 12.1 Å². The number of hydrogen-bond acceptors (Lipinski definition) is 2. The smallest absolute Gasteiger partial charge is 0.166 e. The third-order valence-electron chi connectivity index (χ3n) is 1.49. The zero-order valence-corrected chi connectivity index (χ0v) is 8.12. The first-order chi connectivity index (χ1) is 5.68. The molecule has 0 saturated heterocycles. The number of halogens is 2. The fraction of sp³-hybridized carbons (Fsp3) is 0. The maximum atomic E-state index is 13.2.